The smallest absolute Gasteiger partial charge is 0.308 e. The van der Waals surface area contributed by atoms with Crippen LogP contribution in [0.15, 0.2) is 40.2 Å². The van der Waals surface area contributed by atoms with Crippen molar-refractivity contribution in [2.24, 2.45) is 0 Å². The zero-order chi connectivity index (χ0) is 17.9. The summed E-state index contributed by atoms with van der Waals surface area (Å²) in [5.41, 5.74) is -0.676. The van der Waals surface area contributed by atoms with Crippen molar-refractivity contribution in [2.75, 3.05) is 7.05 Å². The Morgan fingerprint density at radius 3 is 2.50 bits per heavy atom. The number of halogens is 1. The number of sulfonamides is 1. The second kappa shape index (κ2) is 6.89. The van der Waals surface area contributed by atoms with Crippen molar-refractivity contribution < 1.29 is 22.7 Å². The predicted octanol–water partition coefficient (Wildman–Crippen LogP) is 0.357. The average Bonchev–Trinajstić information content (AvgIpc) is 2.50. The Hall–Kier alpha value is -2.59. The molecule has 0 fully saturated rings. The SMILES string of the molecule is CN(Cc1ncc(CC(=O)O)c(=O)[nH]1)S(=O)(=O)c1ccc(F)cc1. The Labute approximate surface area is 136 Å². The third kappa shape index (κ3) is 4.03. The van der Waals surface area contributed by atoms with Crippen molar-refractivity contribution in [3.63, 3.8) is 0 Å². The lowest BCUT2D eigenvalue weighted by Crippen LogP contribution is -2.29. The number of nitrogens with zero attached hydrogens (tertiary/aromatic N) is 2. The largest absolute Gasteiger partial charge is 0.481 e. The van der Waals surface area contributed by atoms with Gasteiger partial charge < -0.3 is 10.1 Å². The van der Waals surface area contributed by atoms with Gasteiger partial charge in [-0.15, -0.1) is 0 Å². The molecule has 0 unspecified atom stereocenters. The van der Waals surface area contributed by atoms with Crippen LogP contribution in [0.3, 0.4) is 0 Å². The molecule has 10 heteroatoms. The monoisotopic (exact) mass is 355 g/mol. The second-order valence-corrected chi connectivity index (χ2v) is 7.01. The maximum atomic E-state index is 12.9. The first-order chi connectivity index (χ1) is 11.2. The molecule has 0 saturated heterocycles. The molecule has 1 aromatic carbocycles. The Morgan fingerprint density at radius 2 is 1.96 bits per heavy atom. The summed E-state index contributed by atoms with van der Waals surface area (Å²) in [4.78, 5) is 28.5. The third-order valence-corrected chi connectivity index (χ3v) is 4.98. The summed E-state index contributed by atoms with van der Waals surface area (Å²) in [6.07, 6.45) is 0.618. The van der Waals surface area contributed by atoms with Gasteiger partial charge in [-0.05, 0) is 24.3 Å². The summed E-state index contributed by atoms with van der Waals surface area (Å²) >= 11 is 0. The van der Waals surface area contributed by atoms with Crippen LogP contribution in [0.25, 0.3) is 0 Å². The van der Waals surface area contributed by atoms with E-state index in [0.717, 1.165) is 34.8 Å². The van der Waals surface area contributed by atoms with Crippen molar-refractivity contribution in [3.05, 3.63) is 58.0 Å². The molecule has 2 rings (SSSR count). The van der Waals surface area contributed by atoms with Gasteiger partial charge in [0, 0.05) is 18.8 Å². The first kappa shape index (κ1) is 17.8. The highest BCUT2D eigenvalue weighted by Crippen LogP contribution is 2.16. The van der Waals surface area contributed by atoms with Gasteiger partial charge in [-0.2, -0.15) is 4.31 Å². The minimum atomic E-state index is -3.89. The number of H-pyrrole nitrogens is 1. The molecule has 0 bridgehead atoms. The van der Waals surface area contributed by atoms with Crippen LogP contribution in [0.4, 0.5) is 4.39 Å². The van der Waals surface area contributed by atoms with Crippen molar-refractivity contribution in [3.8, 4) is 0 Å². The molecule has 0 spiro atoms. The van der Waals surface area contributed by atoms with Crippen LogP contribution in [-0.2, 0) is 27.8 Å². The van der Waals surface area contributed by atoms with Crippen LogP contribution in [0.5, 0.6) is 0 Å². The molecule has 8 nitrogen and oxygen atoms in total. The van der Waals surface area contributed by atoms with Gasteiger partial charge in [-0.25, -0.2) is 17.8 Å². The second-order valence-electron chi connectivity index (χ2n) is 4.97. The molecule has 24 heavy (non-hydrogen) atoms. The molecule has 128 valence electrons. The van der Waals surface area contributed by atoms with Gasteiger partial charge in [-0.1, -0.05) is 0 Å². The first-order valence-electron chi connectivity index (χ1n) is 6.71. The number of nitrogens with one attached hydrogen (secondary N) is 1. The van der Waals surface area contributed by atoms with E-state index in [2.05, 4.69) is 9.97 Å². The van der Waals surface area contributed by atoms with Crippen LogP contribution in [0.2, 0.25) is 0 Å². The van der Waals surface area contributed by atoms with Gasteiger partial charge in [0.25, 0.3) is 5.56 Å². The standard InChI is InChI=1S/C14H14FN3O5S/c1-18(24(22,23)11-4-2-10(15)3-5-11)8-12-16-7-9(6-13(19)20)14(21)17-12/h2-5,7H,6,8H2,1H3,(H,19,20)(H,16,17,21). The maximum absolute atomic E-state index is 12.9. The van der Waals surface area contributed by atoms with Crippen LogP contribution < -0.4 is 5.56 Å². The maximum Gasteiger partial charge on any atom is 0.308 e. The molecule has 0 aliphatic rings. The molecular weight excluding hydrogens is 341 g/mol. The number of aromatic nitrogens is 2. The highest BCUT2D eigenvalue weighted by molar-refractivity contribution is 7.89. The van der Waals surface area contributed by atoms with Crippen LogP contribution in [-0.4, -0.2) is 40.8 Å². The summed E-state index contributed by atoms with van der Waals surface area (Å²) in [5.74, 6) is -1.68. The van der Waals surface area contributed by atoms with Gasteiger partial charge in [0.15, 0.2) is 0 Å². The van der Waals surface area contributed by atoms with Gasteiger partial charge in [0.05, 0.1) is 17.9 Å². The predicted molar refractivity (Wildman–Crippen MR) is 81.3 cm³/mol. The van der Waals surface area contributed by atoms with E-state index in [0.29, 0.717) is 0 Å². The fraction of sp³-hybridized carbons (Fsp3) is 0.214. The van der Waals surface area contributed by atoms with Crippen molar-refractivity contribution in [2.45, 2.75) is 17.9 Å². The Bertz CT molecular complexity index is 909. The van der Waals surface area contributed by atoms with Crippen molar-refractivity contribution in [1.29, 1.82) is 0 Å². The van der Waals surface area contributed by atoms with E-state index in [1.54, 1.807) is 0 Å². The molecule has 0 saturated carbocycles. The zero-order valence-corrected chi connectivity index (χ0v) is 13.4. The van der Waals surface area contributed by atoms with E-state index in [1.165, 1.54) is 7.05 Å². The summed E-state index contributed by atoms with van der Waals surface area (Å²) in [7, 11) is -2.60. The molecule has 0 aliphatic carbocycles. The number of benzene rings is 1. The Kier molecular flexibility index (Phi) is 5.10. The zero-order valence-electron chi connectivity index (χ0n) is 12.6. The number of hydrogen-bond donors (Lipinski definition) is 2. The minimum Gasteiger partial charge on any atom is -0.481 e. The first-order valence-corrected chi connectivity index (χ1v) is 8.15. The average molecular weight is 355 g/mol. The van der Waals surface area contributed by atoms with Gasteiger partial charge in [0.1, 0.15) is 11.6 Å². The number of carboxylic acids is 1. The van der Waals surface area contributed by atoms with E-state index in [-0.39, 0.29) is 22.8 Å². The topological polar surface area (TPSA) is 120 Å². The van der Waals surface area contributed by atoms with E-state index in [4.69, 9.17) is 5.11 Å². The molecule has 0 amide bonds. The van der Waals surface area contributed by atoms with Gasteiger partial charge >= 0.3 is 5.97 Å². The summed E-state index contributed by atoms with van der Waals surface area (Å²) < 4.78 is 38.5. The molecule has 0 radical (unpaired) electrons. The molecule has 1 aromatic heterocycles. The number of carbonyl (C=O) groups is 1. The fourth-order valence-corrected chi connectivity index (χ4v) is 3.04. The highest BCUT2D eigenvalue weighted by atomic mass is 32.2. The van der Waals surface area contributed by atoms with Crippen molar-refractivity contribution in [1.82, 2.24) is 14.3 Å². The molecule has 2 aromatic rings. The number of carboxylic acid groups (broad SMARTS) is 1. The number of aromatic amines is 1. The third-order valence-electron chi connectivity index (χ3n) is 3.16. The van der Waals surface area contributed by atoms with Crippen LogP contribution in [0, 0.1) is 5.82 Å². The molecular formula is C14H14FN3O5S. The van der Waals surface area contributed by atoms with Gasteiger partial charge in [0.2, 0.25) is 10.0 Å². The Balaban J connectivity index is 2.21. The number of rotatable bonds is 6. The fourth-order valence-electron chi connectivity index (χ4n) is 1.91. The normalized spacial score (nSPS) is 11.6. The van der Waals surface area contributed by atoms with E-state index in [9.17, 15) is 22.4 Å². The quantitative estimate of drug-likeness (QED) is 0.772. The molecule has 0 aliphatic heterocycles. The lowest BCUT2D eigenvalue weighted by molar-refractivity contribution is -0.136. The molecule has 2 N–H and O–H groups in total. The van der Waals surface area contributed by atoms with E-state index >= 15 is 0 Å². The number of aliphatic carboxylic acids is 1. The van der Waals surface area contributed by atoms with Crippen molar-refractivity contribution >= 4 is 16.0 Å². The summed E-state index contributed by atoms with van der Waals surface area (Å²) in [6.45, 7) is -0.234. The number of hydrogen-bond acceptors (Lipinski definition) is 5. The van der Waals surface area contributed by atoms with Gasteiger partial charge in [-0.3, -0.25) is 9.59 Å². The minimum absolute atomic E-state index is 0.0321. The molecule has 0 atom stereocenters. The Morgan fingerprint density at radius 1 is 1.33 bits per heavy atom. The lowest BCUT2D eigenvalue weighted by atomic mass is 10.2. The summed E-state index contributed by atoms with van der Waals surface area (Å²) in [6, 6.07) is 4.32. The van der Waals surface area contributed by atoms with E-state index in [1.807, 2.05) is 0 Å². The highest BCUT2D eigenvalue weighted by Gasteiger charge is 2.22. The summed E-state index contributed by atoms with van der Waals surface area (Å²) in [5, 5.41) is 8.66. The van der Waals surface area contributed by atoms with Crippen LogP contribution in [0.1, 0.15) is 11.4 Å². The lowest BCUT2D eigenvalue weighted by Gasteiger charge is -2.16. The van der Waals surface area contributed by atoms with E-state index < -0.39 is 33.8 Å². The van der Waals surface area contributed by atoms with Crippen LogP contribution >= 0.6 is 0 Å². The molecule has 1 heterocycles.